The summed E-state index contributed by atoms with van der Waals surface area (Å²) in [6, 6.07) is 21.5. The van der Waals surface area contributed by atoms with Gasteiger partial charge in [-0.3, -0.25) is 25.2 Å². The Bertz CT molecular complexity index is 1330. The molecule has 0 aliphatic carbocycles. The van der Waals surface area contributed by atoms with Gasteiger partial charge in [0.05, 0.1) is 6.54 Å². The maximum atomic E-state index is 13.1. The maximum absolute atomic E-state index is 13.1. The van der Waals surface area contributed by atoms with Crippen molar-refractivity contribution in [2.45, 2.75) is 6.54 Å². The van der Waals surface area contributed by atoms with E-state index in [1.54, 1.807) is 30.3 Å². The van der Waals surface area contributed by atoms with E-state index < -0.39 is 17.4 Å². The maximum Gasteiger partial charge on any atom is 0.275 e. The second-order valence-corrected chi connectivity index (χ2v) is 6.95. The lowest BCUT2D eigenvalue weighted by atomic mass is 10.1. The van der Waals surface area contributed by atoms with Gasteiger partial charge in [-0.15, -0.1) is 0 Å². The van der Waals surface area contributed by atoms with Gasteiger partial charge in [-0.05, 0) is 52.7 Å². The number of amides is 2. The van der Waals surface area contributed by atoms with Gasteiger partial charge >= 0.3 is 0 Å². The Morgan fingerprint density at radius 1 is 0.806 bits per heavy atom. The summed E-state index contributed by atoms with van der Waals surface area (Å²) in [4.78, 5) is 37.5. The fourth-order valence-electron chi connectivity index (χ4n) is 3.20. The van der Waals surface area contributed by atoms with E-state index in [0.29, 0.717) is 11.1 Å². The van der Waals surface area contributed by atoms with E-state index in [-0.39, 0.29) is 17.9 Å². The Balaban J connectivity index is 1.46. The van der Waals surface area contributed by atoms with Gasteiger partial charge in [0.25, 0.3) is 17.4 Å². The van der Waals surface area contributed by atoms with E-state index >= 15 is 0 Å². The van der Waals surface area contributed by atoms with E-state index in [1.165, 1.54) is 29.0 Å². The fourth-order valence-corrected chi connectivity index (χ4v) is 3.20. The van der Waals surface area contributed by atoms with Crippen LogP contribution in [0.5, 0.6) is 0 Å². The third-order valence-corrected chi connectivity index (χ3v) is 4.83. The van der Waals surface area contributed by atoms with E-state index in [2.05, 4.69) is 10.9 Å². The lowest BCUT2D eigenvalue weighted by molar-refractivity contribution is 0.0845. The summed E-state index contributed by atoms with van der Waals surface area (Å²) >= 11 is 0. The molecule has 6 nitrogen and oxygen atoms in total. The van der Waals surface area contributed by atoms with E-state index in [4.69, 9.17) is 0 Å². The van der Waals surface area contributed by atoms with Gasteiger partial charge in [0.2, 0.25) is 0 Å². The molecule has 31 heavy (non-hydrogen) atoms. The van der Waals surface area contributed by atoms with Crippen LogP contribution in [0.15, 0.2) is 89.9 Å². The highest BCUT2D eigenvalue weighted by atomic mass is 19.1. The minimum atomic E-state index is -0.729. The Labute approximate surface area is 176 Å². The molecule has 2 amide bonds. The van der Waals surface area contributed by atoms with Crippen LogP contribution >= 0.6 is 0 Å². The van der Waals surface area contributed by atoms with Gasteiger partial charge in [-0.25, -0.2) is 4.39 Å². The number of benzene rings is 3. The quantitative estimate of drug-likeness (QED) is 0.502. The third-order valence-electron chi connectivity index (χ3n) is 4.83. The van der Waals surface area contributed by atoms with Crippen molar-refractivity contribution in [2.75, 3.05) is 0 Å². The number of hydrogen-bond acceptors (Lipinski definition) is 3. The minimum Gasteiger partial charge on any atom is -0.310 e. The molecule has 0 saturated heterocycles. The number of carbonyl (C=O) groups is 2. The highest BCUT2D eigenvalue weighted by molar-refractivity contribution is 6.01. The van der Waals surface area contributed by atoms with Crippen LogP contribution in [0.1, 0.15) is 26.3 Å². The largest absolute Gasteiger partial charge is 0.310 e. The molecule has 1 aromatic heterocycles. The molecule has 0 aliphatic rings. The van der Waals surface area contributed by atoms with E-state index in [1.807, 2.05) is 30.3 Å². The number of hydrogen-bond donors (Lipinski definition) is 2. The summed E-state index contributed by atoms with van der Waals surface area (Å²) in [7, 11) is 0. The average molecular weight is 415 g/mol. The zero-order chi connectivity index (χ0) is 21.8. The molecule has 4 rings (SSSR count). The fraction of sp³-hybridized carbons (Fsp3) is 0.0417. The number of fused-ring (bicyclic) bond motifs is 1. The molecule has 7 heteroatoms. The van der Waals surface area contributed by atoms with Crippen LogP contribution in [0, 0.1) is 5.82 Å². The zero-order valence-electron chi connectivity index (χ0n) is 16.3. The smallest absolute Gasteiger partial charge is 0.275 e. The van der Waals surface area contributed by atoms with Crippen LogP contribution in [-0.4, -0.2) is 16.4 Å². The predicted octanol–water partition coefficient (Wildman–Crippen LogP) is 3.26. The Kier molecular flexibility index (Phi) is 5.57. The first-order chi connectivity index (χ1) is 15.0. The molecule has 0 aliphatic heterocycles. The van der Waals surface area contributed by atoms with E-state index in [0.717, 1.165) is 10.8 Å². The topological polar surface area (TPSA) is 80.2 Å². The van der Waals surface area contributed by atoms with Crippen molar-refractivity contribution < 1.29 is 14.0 Å². The molecule has 0 atom stereocenters. The number of nitrogens with one attached hydrogen (secondary N) is 2. The summed E-state index contributed by atoms with van der Waals surface area (Å²) in [5.41, 5.74) is 5.06. The van der Waals surface area contributed by atoms with Crippen molar-refractivity contribution in [1.82, 2.24) is 15.4 Å². The highest BCUT2D eigenvalue weighted by Gasteiger charge is 2.14. The van der Waals surface area contributed by atoms with Gasteiger partial charge in [-0.1, -0.05) is 42.5 Å². The molecule has 0 unspecified atom stereocenters. The normalized spacial score (nSPS) is 10.6. The average Bonchev–Trinajstić information content (AvgIpc) is 2.79. The molecule has 0 saturated carbocycles. The number of hydrazine groups is 1. The molecule has 1 heterocycles. The first-order valence-corrected chi connectivity index (χ1v) is 9.55. The van der Waals surface area contributed by atoms with Crippen molar-refractivity contribution in [3.05, 3.63) is 118 Å². The summed E-state index contributed by atoms with van der Waals surface area (Å²) in [5.74, 6) is -1.60. The minimum absolute atomic E-state index is 0.122. The first kappa shape index (κ1) is 20.0. The summed E-state index contributed by atoms with van der Waals surface area (Å²) in [6.45, 7) is 0.184. The van der Waals surface area contributed by atoms with Crippen LogP contribution in [0.3, 0.4) is 0 Å². The monoisotopic (exact) mass is 415 g/mol. The molecular weight excluding hydrogens is 397 g/mol. The second-order valence-electron chi connectivity index (χ2n) is 6.95. The van der Waals surface area contributed by atoms with Crippen LogP contribution in [0.4, 0.5) is 4.39 Å². The molecular formula is C24H18FN3O3. The molecule has 0 spiro atoms. The van der Waals surface area contributed by atoms with Crippen LogP contribution < -0.4 is 16.4 Å². The lowest BCUT2D eigenvalue weighted by Gasteiger charge is -2.10. The number of aromatic nitrogens is 1. The van der Waals surface area contributed by atoms with Crippen molar-refractivity contribution >= 4 is 22.6 Å². The van der Waals surface area contributed by atoms with Gasteiger partial charge in [0, 0.05) is 11.8 Å². The number of rotatable bonds is 4. The van der Waals surface area contributed by atoms with Crippen molar-refractivity contribution in [2.24, 2.45) is 0 Å². The van der Waals surface area contributed by atoms with Crippen LogP contribution in [-0.2, 0) is 6.54 Å². The van der Waals surface area contributed by atoms with Gasteiger partial charge in [0.15, 0.2) is 0 Å². The Morgan fingerprint density at radius 3 is 2.29 bits per heavy atom. The molecule has 2 N–H and O–H groups in total. The number of halogens is 1. The Hall–Kier alpha value is -4.26. The number of carbonyl (C=O) groups excluding carboxylic acids is 2. The summed E-state index contributed by atoms with van der Waals surface area (Å²) in [5, 5.41) is 1.89. The summed E-state index contributed by atoms with van der Waals surface area (Å²) < 4.78 is 14.4. The molecule has 4 aromatic rings. The Morgan fingerprint density at radius 2 is 1.52 bits per heavy atom. The highest BCUT2D eigenvalue weighted by Crippen LogP contribution is 2.15. The van der Waals surface area contributed by atoms with Crippen molar-refractivity contribution in [1.29, 1.82) is 0 Å². The molecule has 3 aromatic carbocycles. The van der Waals surface area contributed by atoms with Gasteiger partial charge < -0.3 is 4.57 Å². The molecule has 0 fully saturated rings. The second kappa shape index (κ2) is 8.62. The predicted molar refractivity (Wildman–Crippen MR) is 115 cm³/mol. The van der Waals surface area contributed by atoms with E-state index in [9.17, 15) is 18.8 Å². The SMILES string of the molecule is O=C(NNC(=O)c1cccn(Cc2ccc(F)cc2)c1=O)c1ccc2ccccc2c1. The van der Waals surface area contributed by atoms with Crippen molar-refractivity contribution in [3.8, 4) is 0 Å². The van der Waals surface area contributed by atoms with Crippen LogP contribution in [0.2, 0.25) is 0 Å². The number of nitrogens with zero attached hydrogens (tertiary/aromatic N) is 1. The number of pyridine rings is 1. The van der Waals surface area contributed by atoms with Crippen LogP contribution in [0.25, 0.3) is 10.8 Å². The van der Waals surface area contributed by atoms with Gasteiger partial charge in [0.1, 0.15) is 11.4 Å². The summed E-state index contributed by atoms with van der Waals surface area (Å²) in [6.07, 6.45) is 1.54. The standard InChI is InChI=1S/C24H18FN3O3/c25-20-11-7-16(8-12-20)15-28-13-3-6-21(24(28)31)23(30)27-26-22(29)19-10-9-17-4-1-2-5-18(17)14-19/h1-14H,15H2,(H,26,29)(H,27,30). The zero-order valence-corrected chi connectivity index (χ0v) is 16.3. The van der Waals surface area contributed by atoms with Gasteiger partial charge in [-0.2, -0.15) is 0 Å². The third kappa shape index (κ3) is 4.51. The first-order valence-electron chi connectivity index (χ1n) is 9.55. The van der Waals surface area contributed by atoms with Crippen molar-refractivity contribution in [3.63, 3.8) is 0 Å². The molecule has 0 radical (unpaired) electrons. The lowest BCUT2D eigenvalue weighted by Crippen LogP contribution is -2.44. The molecule has 0 bridgehead atoms. The molecule has 154 valence electrons.